The highest BCUT2D eigenvalue weighted by molar-refractivity contribution is 7.91. The van der Waals surface area contributed by atoms with E-state index in [1.807, 2.05) is 36.4 Å². The van der Waals surface area contributed by atoms with Crippen LogP contribution >= 0.6 is 0 Å². The predicted molar refractivity (Wildman–Crippen MR) is 106 cm³/mol. The average Bonchev–Trinajstić information content (AvgIpc) is 3.34. The summed E-state index contributed by atoms with van der Waals surface area (Å²) in [6.07, 6.45) is 2.40. The van der Waals surface area contributed by atoms with Crippen molar-refractivity contribution in [1.29, 1.82) is 0 Å². The summed E-state index contributed by atoms with van der Waals surface area (Å²) in [5, 5.41) is 1.95. The molecule has 2 fully saturated rings. The molecule has 3 aromatic rings. The van der Waals surface area contributed by atoms with Gasteiger partial charge in [-0.3, -0.25) is 4.79 Å². The number of rotatable bonds is 5. The third kappa shape index (κ3) is 3.24. The van der Waals surface area contributed by atoms with Crippen LogP contribution in [0, 0.1) is 0 Å². The van der Waals surface area contributed by atoms with Crippen molar-refractivity contribution in [3.8, 4) is 5.75 Å². The lowest BCUT2D eigenvalue weighted by molar-refractivity contribution is -0.135. The average molecular weight is 399 g/mol. The molecule has 0 bridgehead atoms. The van der Waals surface area contributed by atoms with Gasteiger partial charge in [0.2, 0.25) is 0 Å². The lowest BCUT2D eigenvalue weighted by Gasteiger charge is -2.28. The van der Waals surface area contributed by atoms with Gasteiger partial charge in [-0.25, -0.2) is 8.42 Å². The molecule has 0 radical (unpaired) electrons. The van der Waals surface area contributed by atoms with Gasteiger partial charge in [-0.15, -0.1) is 0 Å². The number of ether oxygens (including phenoxy) is 1. The minimum atomic E-state index is -3.03. The number of carbonyl (C=O) groups excluding carboxylic acids is 1. The van der Waals surface area contributed by atoms with Crippen LogP contribution in [-0.4, -0.2) is 49.4 Å². The highest BCUT2D eigenvalue weighted by atomic mass is 32.2. The zero-order chi connectivity index (χ0) is 19.3. The first kappa shape index (κ1) is 17.6. The lowest BCUT2D eigenvalue weighted by Crippen LogP contribution is -2.45. The van der Waals surface area contributed by atoms with Gasteiger partial charge in [-0.05, 0) is 43.5 Å². The number of hydrogen-bond donors (Lipinski definition) is 0. The molecule has 2 heterocycles. The number of sulfone groups is 1. The Morgan fingerprint density at radius 1 is 1.04 bits per heavy atom. The molecule has 7 heteroatoms. The van der Waals surface area contributed by atoms with E-state index < -0.39 is 9.84 Å². The maximum Gasteiger partial charge on any atom is 0.261 e. The zero-order valence-corrected chi connectivity index (χ0v) is 16.2. The molecule has 0 spiro atoms. The van der Waals surface area contributed by atoms with Gasteiger partial charge in [0.15, 0.2) is 16.4 Å². The smallest absolute Gasteiger partial charge is 0.261 e. The Morgan fingerprint density at radius 2 is 1.82 bits per heavy atom. The Bertz CT molecular complexity index is 1160. The molecule has 1 atom stereocenters. The summed E-state index contributed by atoms with van der Waals surface area (Å²) < 4.78 is 35.2. The molecular weight excluding hydrogens is 378 g/mol. The summed E-state index contributed by atoms with van der Waals surface area (Å²) in [6, 6.07) is 13.3. The van der Waals surface area contributed by atoms with E-state index in [0.717, 1.165) is 34.8 Å². The normalized spacial score (nSPS) is 21.2. The Morgan fingerprint density at radius 3 is 2.57 bits per heavy atom. The van der Waals surface area contributed by atoms with Gasteiger partial charge < -0.3 is 14.1 Å². The standard InChI is InChI=1S/C21H21NO5S/c23-21(22(14-5-6-14)15-9-10-28(24,25)13-15)12-26-16-7-8-20-18(11-16)17-3-1-2-4-19(17)27-20/h1-4,7-8,11,14-15H,5-6,9-10,12-13H2/t15-/m0/s1. The van der Waals surface area contributed by atoms with Gasteiger partial charge in [0, 0.05) is 22.9 Å². The molecule has 2 aromatic carbocycles. The molecular formula is C21H21NO5S. The van der Waals surface area contributed by atoms with Crippen LogP contribution in [0.25, 0.3) is 21.9 Å². The van der Waals surface area contributed by atoms with Crippen molar-refractivity contribution in [2.75, 3.05) is 18.1 Å². The number of carbonyl (C=O) groups is 1. The van der Waals surface area contributed by atoms with Crippen molar-refractivity contribution in [3.05, 3.63) is 42.5 Å². The second-order valence-corrected chi connectivity index (χ2v) is 9.86. The number of amides is 1. The monoisotopic (exact) mass is 399 g/mol. The minimum Gasteiger partial charge on any atom is -0.484 e. The second kappa shape index (κ2) is 6.51. The first-order valence-electron chi connectivity index (χ1n) is 9.56. The number of furan rings is 1. The number of hydrogen-bond acceptors (Lipinski definition) is 5. The van der Waals surface area contributed by atoms with E-state index in [0.29, 0.717) is 12.2 Å². The van der Waals surface area contributed by atoms with Gasteiger partial charge in [-0.1, -0.05) is 18.2 Å². The van der Waals surface area contributed by atoms with Crippen LogP contribution in [0.15, 0.2) is 46.9 Å². The molecule has 1 saturated carbocycles. The molecule has 1 saturated heterocycles. The predicted octanol–water partition coefficient (Wildman–Crippen LogP) is 3.14. The highest BCUT2D eigenvalue weighted by Gasteiger charge is 2.42. The van der Waals surface area contributed by atoms with Crippen LogP contribution in [0.3, 0.4) is 0 Å². The van der Waals surface area contributed by atoms with Crippen LogP contribution in [-0.2, 0) is 14.6 Å². The fourth-order valence-corrected chi connectivity index (χ4v) is 5.78. The van der Waals surface area contributed by atoms with Crippen LogP contribution in [0.2, 0.25) is 0 Å². The van der Waals surface area contributed by atoms with E-state index in [-0.39, 0.29) is 36.1 Å². The molecule has 5 rings (SSSR count). The molecule has 1 aliphatic heterocycles. The summed E-state index contributed by atoms with van der Waals surface area (Å²) >= 11 is 0. The molecule has 6 nitrogen and oxygen atoms in total. The molecule has 28 heavy (non-hydrogen) atoms. The van der Waals surface area contributed by atoms with E-state index in [9.17, 15) is 13.2 Å². The second-order valence-electron chi connectivity index (χ2n) is 7.63. The van der Waals surface area contributed by atoms with E-state index in [4.69, 9.17) is 9.15 Å². The third-order valence-electron chi connectivity index (χ3n) is 5.54. The largest absolute Gasteiger partial charge is 0.484 e. The molecule has 1 aliphatic carbocycles. The van der Waals surface area contributed by atoms with Crippen molar-refractivity contribution < 1.29 is 22.4 Å². The summed E-state index contributed by atoms with van der Waals surface area (Å²) in [4.78, 5) is 14.6. The SMILES string of the molecule is O=C(COc1ccc2oc3ccccc3c2c1)N(C1CC1)[C@H]1CCS(=O)(=O)C1. The Hall–Kier alpha value is -2.54. The fraction of sp³-hybridized carbons (Fsp3) is 0.381. The van der Waals surface area contributed by atoms with Crippen molar-refractivity contribution >= 4 is 37.7 Å². The fourth-order valence-electron chi connectivity index (χ4n) is 4.07. The summed E-state index contributed by atoms with van der Waals surface area (Å²) in [6.45, 7) is -0.0890. The van der Waals surface area contributed by atoms with Crippen molar-refractivity contribution in [2.24, 2.45) is 0 Å². The Balaban J connectivity index is 1.33. The summed E-state index contributed by atoms with van der Waals surface area (Å²) in [5.41, 5.74) is 1.59. The minimum absolute atomic E-state index is 0.0716. The topological polar surface area (TPSA) is 76.8 Å². The first-order chi connectivity index (χ1) is 13.5. The molecule has 146 valence electrons. The van der Waals surface area contributed by atoms with Gasteiger partial charge in [0.25, 0.3) is 5.91 Å². The lowest BCUT2D eigenvalue weighted by atomic mass is 10.1. The zero-order valence-electron chi connectivity index (χ0n) is 15.3. The number of benzene rings is 2. The van der Waals surface area contributed by atoms with Gasteiger partial charge in [0.1, 0.15) is 16.9 Å². The molecule has 0 N–H and O–H groups in total. The van der Waals surface area contributed by atoms with Crippen molar-refractivity contribution in [1.82, 2.24) is 4.90 Å². The van der Waals surface area contributed by atoms with E-state index in [1.54, 1.807) is 11.0 Å². The third-order valence-corrected chi connectivity index (χ3v) is 7.29. The number of nitrogens with zero attached hydrogens (tertiary/aromatic N) is 1. The van der Waals surface area contributed by atoms with E-state index in [2.05, 4.69) is 0 Å². The Labute approximate surface area is 163 Å². The van der Waals surface area contributed by atoms with Crippen LogP contribution in [0.4, 0.5) is 0 Å². The highest BCUT2D eigenvalue weighted by Crippen LogP contribution is 2.33. The number of fused-ring (bicyclic) bond motifs is 3. The molecule has 2 aliphatic rings. The van der Waals surface area contributed by atoms with Crippen LogP contribution < -0.4 is 4.74 Å². The van der Waals surface area contributed by atoms with Gasteiger partial charge >= 0.3 is 0 Å². The van der Waals surface area contributed by atoms with E-state index in [1.165, 1.54) is 0 Å². The Kier molecular flexibility index (Phi) is 4.08. The molecule has 1 aromatic heterocycles. The summed E-state index contributed by atoms with van der Waals surface area (Å²) in [7, 11) is -3.03. The van der Waals surface area contributed by atoms with Gasteiger partial charge in [0.05, 0.1) is 11.5 Å². The van der Waals surface area contributed by atoms with Gasteiger partial charge in [-0.2, -0.15) is 0 Å². The van der Waals surface area contributed by atoms with Crippen molar-refractivity contribution in [2.45, 2.75) is 31.3 Å². The number of para-hydroxylation sites is 1. The summed E-state index contributed by atoms with van der Waals surface area (Å²) in [5.74, 6) is 0.700. The quantitative estimate of drug-likeness (QED) is 0.659. The van der Waals surface area contributed by atoms with Crippen molar-refractivity contribution in [3.63, 3.8) is 0 Å². The maximum atomic E-state index is 12.8. The van der Waals surface area contributed by atoms with Crippen LogP contribution in [0.5, 0.6) is 5.75 Å². The molecule has 1 amide bonds. The van der Waals surface area contributed by atoms with E-state index >= 15 is 0 Å². The maximum absolute atomic E-state index is 12.8. The van der Waals surface area contributed by atoms with Crippen LogP contribution in [0.1, 0.15) is 19.3 Å². The molecule has 0 unspecified atom stereocenters. The first-order valence-corrected chi connectivity index (χ1v) is 11.4.